The number of halogens is 1. The van der Waals surface area contributed by atoms with Crippen LogP contribution in [0.2, 0.25) is 0 Å². The van der Waals surface area contributed by atoms with E-state index >= 15 is 0 Å². The molecule has 0 bridgehead atoms. The van der Waals surface area contributed by atoms with Gasteiger partial charge in [0.25, 0.3) is 5.56 Å². The Morgan fingerprint density at radius 1 is 1.33 bits per heavy atom. The molecule has 1 aliphatic rings. The number of quaternary nitrogens is 1. The molecule has 0 amide bonds. The SMILES string of the molecule is O=c1c2[nH]c3ccc(Br)cc3c2ncn1CCC[NH+]1CCOCC1. The number of fused-ring (bicyclic) bond motifs is 3. The third kappa shape index (κ3) is 2.99. The molecule has 6 nitrogen and oxygen atoms in total. The zero-order chi connectivity index (χ0) is 16.5. The fourth-order valence-corrected chi connectivity index (χ4v) is 3.69. The van der Waals surface area contributed by atoms with Crippen molar-refractivity contribution >= 4 is 37.9 Å². The van der Waals surface area contributed by atoms with Gasteiger partial charge in [0.15, 0.2) is 0 Å². The average molecular weight is 392 g/mol. The van der Waals surface area contributed by atoms with Crippen molar-refractivity contribution < 1.29 is 9.64 Å². The van der Waals surface area contributed by atoms with E-state index in [0.717, 1.165) is 60.2 Å². The van der Waals surface area contributed by atoms with E-state index in [0.29, 0.717) is 12.1 Å². The number of rotatable bonds is 4. The molecule has 1 fully saturated rings. The van der Waals surface area contributed by atoms with E-state index in [1.807, 2.05) is 18.2 Å². The summed E-state index contributed by atoms with van der Waals surface area (Å²) in [6, 6.07) is 5.92. The van der Waals surface area contributed by atoms with Crippen molar-refractivity contribution in [3.05, 3.63) is 39.4 Å². The summed E-state index contributed by atoms with van der Waals surface area (Å²) in [6.45, 7) is 5.56. The minimum atomic E-state index is 0.00398. The van der Waals surface area contributed by atoms with Crippen molar-refractivity contribution in [1.82, 2.24) is 14.5 Å². The van der Waals surface area contributed by atoms with Gasteiger partial charge < -0.3 is 14.6 Å². The highest BCUT2D eigenvalue weighted by molar-refractivity contribution is 9.10. The molecule has 0 aliphatic carbocycles. The second kappa shape index (κ2) is 6.66. The molecule has 24 heavy (non-hydrogen) atoms. The second-order valence-electron chi connectivity index (χ2n) is 6.25. The molecule has 0 radical (unpaired) electrons. The van der Waals surface area contributed by atoms with Gasteiger partial charge in [-0.05, 0) is 18.2 Å². The summed E-state index contributed by atoms with van der Waals surface area (Å²) in [7, 11) is 0. The van der Waals surface area contributed by atoms with Crippen LogP contribution in [0.1, 0.15) is 6.42 Å². The fraction of sp³-hybridized carbons (Fsp3) is 0.412. The van der Waals surface area contributed by atoms with E-state index in [9.17, 15) is 4.79 Å². The first-order chi connectivity index (χ1) is 11.7. The lowest BCUT2D eigenvalue weighted by Crippen LogP contribution is -3.14. The molecule has 1 aliphatic heterocycles. The number of H-pyrrole nitrogens is 1. The summed E-state index contributed by atoms with van der Waals surface area (Å²) in [5.41, 5.74) is 2.27. The van der Waals surface area contributed by atoms with Gasteiger partial charge in [-0.1, -0.05) is 15.9 Å². The molecule has 0 spiro atoms. The molecule has 4 rings (SSSR count). The molecule has 0 unspecified atom stereocenters. The van der Waals surface area contributed by atoms with Crippen LogP contribution in [0.5, 0.6) is 0 Å². The first kappa shape index (κ1) is 15.8. The number of hydrogen-bond donors (Lipinski definition) is 2. The Kier molecular flexibility index (Phi) is 4.39. The summed E-state index contributed by atoms with van der Waals surface area (Å²) >= 11 is 3.47. The normalized spacial score (nSPS) is 16.2. The number of aromatic nitrogens is 3. The van der Waals surface area contributed by atoms with Crippen molar-refractivity contribution in [3.8, 4) is 0 Å². The van der Waals surface area contributed by atoms with Gasteiger partial charge in [-0.15, -0.1) is 0 Å². The summed E-state index contributed by atoms with van der Waals surface area (Å²) in [6.07, 6.45) is 2.64. The van der Waals surface area contributed by atoms with Crippen LogP contribution in [0.4, 0.5) is 0 Å². The van der Waals surface area contributed by atoms with Crippen LogP contribution in [0.15, 0.2) is 33.8 Å². The quantitative estimate of drug-likeness (QED) is 0.695. The Morgan fingerprint density at radius 2 is 2.17 bits per heavy atom. The van der Waals surface area contributed by atoms with Crippen molar-refractivity contribution in [3.63, 3.8) is 0 Å². The molecule has 2 N–H and O–H groups in total. The van der Waals surface area contributed by atoms with Gasteiger partial charge in [-0.25, -0.2) is 4.98 Å². The molecule has 1 aromatic carbocycles. The summed E-state index contributed by atoms with van der Waals surface area (Å²) < 4.78 is 8.07. The van der Waals surface area contributed by atoms with Crippen LogP contribution >= 0.6 is 15.9 Å². The van der Waals surface area contributed by atoms with Crippen LogP contribution in [0, 0.1) is 0 Å². The minimum Gasteiger partial charge on any atom is -0.370 e. The highest BCUT2D eigenvalue weighted by Gasteiger charge is 2.14. The lowest BCUT2D eigenvalue weighted by molar-refractivity contribution is -0.908. The molecular weight excluding hydrogens is 372 g/mol. The first-order valence-corrected chi connectivity index (χ1v) is 9.09. The lowest BCUT2D eigenvalue weighted by Gasteiger charge is -2.23. The Balaban J connectivity index is 1.56. The summed E-state index contributed by atoms with van der Waals surface area (Å²) in [4.78, 5) is 22.0. The van der Waals surface area contributed by atoms with Crippen LogP contribution in [-0.2, 0) is 11.3 Å². The largest absolute Gasteiger partial charge is 0.370 e. The average Bonchev–Trinajstić information content (AvgIpc) is 2.97. The van der Waals surface area contributed by atoms with Crippen molar-refractivity contribution in [2.24, 2.45) is 0 Å². The number of nitrogens with zero attached hydrogens (tertiary/aromatic N) is 2. The van der Waals surface area contributed by atoms with Gasteiger partial charge in [0, 0.05) is 28.3 Å². The summed E-state index contributed by atoms with van der Waals surface area (Å²) in [5.74, 6) is 0. The van der Waals surface area contributed by atoms with Crippen molar-refractivity contribution in [2.45, 2.75) is 13.0 Å². The van der Waals surface area contributed by atoms with Gasteiger partial charge in [0.05, 0.1) is 26.1 Å². The monoisotopic (exact) mass is 391 g/mol. The number of benzene rings is 1. The molecule has 2 aromatic heterocycles. The van der Waals surface area contributed by atoms with E-state index in [1.54, 1.807) is 15.8 Å². The maximum atomic E-state index is 12.7. The zero-order valence-electron chi connectivity index (χ0n) is 13.3. The number of aryl methyl sites for hydroxylation is 1. The number of hydrogen-bond acceptors (Lipinski definition) is 3. The standard InChI is InChI=1S/C17H19BrN4O2/c18-12-2-3-14-13(10-12)15-16(20-14)17(23)22(11-19-15)5-1-4-21-6-8-24-9-7-21/h2-3,10-11,20H,1,4-9H2/p+1. The van der Waals surface area contributed by atoms with Gasteiger partial charge in [-0.2, -0.15) is 0 Å². The van der Waals surface area contributed by atoms with E-state index in [4.69, 9.17) is 4.74 Å². The third-order valence-electron chi connectivity index (χ3n) is 4.66. The maximum absolute atomic E-state index is 12.7. The van der Waals surface area contributed by atoms with Gasteiger partial charge in [0.1, 0.15) is 24.1 Å². The Hall–Kier alpha value is -1.70. The van der Waals surface area contributed by atoms with E-state index in [1.165, 1.54) is 0 Å². The number of aromatic amines is 1. The molecular formula is C17H20BrN4O2+. The van der Waals surface area contributed by atoms with Crippen LogP contribution in [-0.4, -0.2) is 47.4 Å². The summed E-state index contributed by atoms with van der Waals surface area (Å²) in [5, 5.41) is 0.974. The van der Waals surface area contributed by atoms with Crippen molar-refractivity contribution in [2.75, 3.05) is 32.8 Å². The topological polar surface area (TPSA) is 64.3 Å². The highest BCUT2D eigenvalue weighted by Crippen LogP contribution is 2.24. The lowest BCUT2D eigenvalue weighted by atomic mass is 10.2. The van der Waals surface area contributed by atoms with Crippen LogP contribution < -0.4 is 10.5 Å². The Labute approximate surface area is 147 Å². The highest BCUT2D eigenvalue weighted by atomic mass is 79.9. The molecule has 126 valence electrons. The van der Waals surface area contributed by atoms with Crippen molar-refractivity contribution in [1.29, 1.82) is 0 Å². The maximum Gasteiger partial charge on any atom is 0.277 e. The first-order valence-electron chi connectivity index (χ1n) is 8.30. The third-order valence-corrected chi connectivity index (χ3v) is 5.16. The molecule has 3 aromatic rings. The second-order valence-corrected chi connectivity index (χ2v) is 7.16. The molecule has 0 saturated carbocycles. The van der Waals surface area contributed by atoms with Gasteiger partial charge >= 0.3 is 0 Å². The van der Waals surface area contributed by atoms with Gasteiger partial charge in [0.2, 0.25) is 0 Å². The Morgan fingerprint density at radius 3 is 3.00 bits per heavy atom. The molecule has 7 heteroatoms. The number of ether oxygens (including phenoxy) is 1. The smallest absolute Gasteiger partial charge is 0.277 e. The Bertz CT molecular complexity index is 927. The van der Waals surface area contributed by atoms with E-state index < -0.39 is 0 Å². The number of nitrogens with one attached hydrogen (secondary N) is 2. The number of morpholine rings is 1. The van der Waals surface area contributed by atoms with Crippen LogP contribution in [0.3, 0.4) is 0 Å². The zero-order valence-corrected chi connectivity index (χ0v) is 14.9. The molecule has 1 saturated heterocycles. The molecule has 0 atom stereocenters. The van der Waals surface area contributed by atoms with Crippen LogP contribution in [0.25, 0.3) is 21.9 Å². The van der Waals surface area contributed by atoms with E-state index in [2.05, 4.69) is 25.9 Å². The minimum absolute atomic E-state index is 0.00398. The van der Waals surface area contributed by atoms with E-state index in [-0.39, 0.29) is 5.56 Å². The predicted molar refractivity (Wildman–Crippen MR) is 96.6 cm³/mol. The fourth-order valence-electron chi connectivity index (χ4n) is 3.33. The predicted octanol–water partition coefficient (Wildman–Crippen LogP) is 0.945. The van der Waals surface area contributed by atoms with Gasteiger partial charge in [-0.3, -0.25) is 9.36 Å². The molecule has 3 heterocycles.